The summed E-state index contributed by atoms with van der Waals surface area (Å²) in [5, 5.41) is 16.6. The Bertz CT molecular complexity index is 3730. The zero-order chi connectivity index (χ0) is 68.3. The summed E-state index contributed by atoms with van der Waals surface area (Å²) < 4.78 is 99.1. The molecule has 3 fully saturated rings. The molecule has 3 aliphatic rings. The van der Waals surface area contributed by atoms with Crippen molar-refractivity contribution in [1.29, 1.82) is 0 Å². The van der Waals surface area contributed by atoms with Crippen LogP contribution < -0.4 is 5.32 Å². The molecule has 17 nitrogen and oxygen atoms in total. The van der Waals surface area contributed by atoms with Crippen molar-refractivity contribution < 1.29 is 76.2 Å². The molecule has 9 aromatic carbocycles. The predicted octanol–water partition coefficient (Wildman–Crippen LogP) is 12.6. The van der Waals surface area contributed by atoms with Crippen LogP contribution >= 0.6 is 0 Å². The fraction of sp³-hybridized carbons (Fsp3) is 0.337. The Balaban J connectivity index is 0.963. The summed E-state index contributed by atoms with van der Waals surface area (Å²) in [5.74, 6) is -0.364. The highest BCUT2D eigenvalue weighted by Crippen LogP contribution is 2.39. The molecule has 12 rings (SSSR count). The third-order valence-electron chi connectivity index (χ3n) is 17.7. The van der Waals surface area contributed by atoms with Crippen molar-refractivity contribution in [1.82, 2.24) is 5.32 Å². The Morgan fingerprint density at radius 2 is 0.560 bits per heavy atom. The molecule has 0 saturated carbocycles. The van der Waals surface area contributed by atoms with Crippen LogP contribution in [0.5, 0.6) is 0 Å². The maximum absolute atomic E-state index is 13.7. The van der Waals surface area contributed by atoms with E-state index in [2.05, 4.69) is 5.32 Å². The second-order valence-corrected chi connectivity index (χ2v) is 25.2. The van der Waals surface area contributed by atoms with Gasteiger partial charge in [0.2, 0.25) is 5.91 Å². The molecule has 15 unspecified atom stereocenters. The molecule has 9 aromatic rings. The number of hydrogen-bond donors (Lipinski definition) is 2. The first-order valence-corrected chi connectivity index (χ1v) is 34.3. The van der Waals surface area contributed by atoms with Gasteiger partial charge in [-0.25, -0.2) is 0 Å². The molecule has 1 amide bonds. The van der Waals surface area contributed by atoms with Gasteiger partial charge >= 0.3 is 0 Å². The van der Waals surface area contributed by atoms with Crippen molar-refractivity contribution in [2.24, 2.45) is 0 Å². The van der Waals surface area contributed by atoms with Crippen molar-refractivity contribution in [2.75, 3.05) is 19.8 Å². The fourth-order valence-corrected chi connectivity index (χ4v) is 12.6. The highest BCUT2D eigenvalue weighted by atomic mass is 16.8. The minimum absolute atomic E-state index is 0.00668. The number of benzene rings is 9. The fourth-order valence-electron chi connectivity index (χ4n) is 12.6. The second-order valence-electron chi connectivity index (χ2n) is 25.2. The van der Waals surface area contributed by atoms with Crippen molar-refractivity contribution in [3.05, 3.63) is 323 Å². The van der Waals surface area contributed by atoms with E-state index in [9.17, 15) is 9.90 Å². The molecule has 17 heteroatoms. The lowest BCUT2D eigenvalue weighted by Crippen LogP contribution is -2.69. The number of ether oxygens (including phenoxy) is 14. The number of amides is 1. The largest absolute Gasteiger partial charge is 0.387 e. The number of carbonyl (C=O) groups excluding carboxylic acids is 1. The van der Waals surface area contributed by atoms with Gasteiger partial charge in [0.15, 0.2) is 18.9 Å². The van der Waals surface area contributed by atoms with Crippen LogP contribution in [0.2, 0.25) is 0 Å². The van der Waals surface area contributed by atoms with E-state index in [1.807, 2.05) is 273 Å². The molecule has 3 saturated heterocycles. The van der Waals surface area contributed by atoms with E-state index >= 15 is 0 Å². The molecule has 3 heterocycles. The molecule has 15 atom stereocenters. The zero-order valence-electron chi connectivity index (χ0n) is 56.2. The average Bonchev–Trinajstić information content (AvgIpc) is 0.770. The molecule has 0 aromatic heterocycles. The van der Waals surface area contributed by atoms with E-state index in [0.29, 0.717) is 0 Å². The lowest BCUT2D eigenvalue weighted by Gasteiger charge is -2.51. The maximum atomic E-state index is 13.7. The van der Waals surface area contributed by atoms with E-state index in [1.165, 1.54) is 6.92 Å². The van der Waals surface area contributed by atoms with Gasteiger partial charge in [-0.15, -0.1) is 0 Å². The topological polar surface area (TPSA) is 179 Å². The predicted molar refractivity (Wildman–Crippen MR) is 374 cm³/mol. The van der Waals surface area contributed by atoms with Gasteiger partial charge in [0.05, 0.1) is 79.3 Å². The summed E-state index contributed by atoms with van der Waals surface area (Å²) in [6.07, 6.45) is -16.0. The smallest absolute Gasteiger partial charge is 0.217 e. The summed E-state index contributed by atoms with van der Waals surface area (Å²) in [5.41, 5.74) is 8.07. The van der Waals surface area contributed by atoms with Crippen LogP contribution in [0.4, 0.5) is 0 Å². The van der Waals surface area contributed by atoms with Crippen molar-refractivity contribution >= 4 is 5.91 Å². The first kappa shape index (κ1) is 71.7. The molecule has 0 spiro atoms. The maximum Gasteiger partial charge on any atom is 0.217 e. The van der Waals surface area contributed by atoms with Gasteiger partial charge in [0.1, 0.15) is 73.2 Å². The van der Waals surface area contributed by atoms with Crippen molar-refractivity contribution in [2.45, 2.75) is 158 Å². The first-order valence-electron chi connectivity index (χ1n) is 34.3. The SMILES string of the molecule is CC(=O)NC1C(OCc2ccccc2)OC(COCc2ccccc2)C(OC2OC(COCc3ccccc3)C(O)C(OC3OC(COCc4ccccc4)C(OCc4ccccc4)C(OCc4ccccc4)C3OCc3ccccc3)C2OCc2ccccc2)C1OCc1ccccc1. The van der Waals surface area contributed by atoms with Gasteiger partial charge in [-0.3, -0.25) is 4.79 Å². The summed E-state index contributed by atoms with van der Waals surface area (Å²) in [6.45, 7) is 2.66. The lowest BCUT2D eigenvalue weighted by atomic mass is 9.94. The Kier molecular flexibility index (Phi) is 27.3. The normalized spacial score (nSPS) is 25.2. The van der Waals surface area contributed by atoms with Crippen molar-refractivity contribution in [3.8, 4) is 0 Å². The molecule has 3 aliphatic heterocycles. The summed E-state index contributed by atoms with van der Waals surface area (Å²) in [4.78, 5) is 13.7. The first-order chi connectivity index (χ1) is 49.3. The van der Waals surface area contributed by atoms with Crippen LogP contribution in [0.25, 0.3) is 0 Å². The number of rotatable bonds is 35. The minimum Gasteiger partial charge on any atom is -0.387 e. The van der Waals surface area contributed by atoms with Crippen LogP contribution in [0.15, 0.2) is 273 Å². The third kappa shape index (κ3) is 21.0. The van der Waals surface area contributed by atoms with E-state index in [0.717, 1.165) is 50.1 Å². The van der Waals surface area contributed by atoms with Gasteiger partial charge in [-0.05, 0) is 50.1 Å². The van der Waals surface area contributed by atoms with E-state index in [4.69, 9.17) is 66.3 Å². The van der Waals surface area contributed by atoms with Crippen LogP contribution in [0.1, 0.15) is 57.0 Å². The highest BCUT2D eigenvalue weighted by Gasteiger charge is 2.57. The quantitative estimate of drug-likeness (QED) is 0.0383. The molecule has 0 bridgehead atoms. The molecule has 522 valence electrons. The van der Waals surface area contributed by atoms with Crippen LogP contribution in [0.3, 0.4) is 0 Å². The number of aliphatic hydroxyl groups excluding tert-OH is 1. The second kappa shape index (κ2) is 38.0. The molecule has 2 N–H and O–H groups in total. The van der Waals surface area contributed by atoms with E-state index < -0.39 is 92.1 Å². The molecule has 100 heavy (non-hydrogen) atoms. The van der Waals surface area contributed by atoms with E-state index in [-0.39, 0.29) is 85.2 Å². The molecule has 0 aliphatic carbocycles. The van der Waals surface area contributed by atoms with Crippen LogP contribution in [-0.2, 0) is 131 Å². The van der Waals surface area contributed by atoms with Crippen LogP contribution in [0, 0.1) is 0 Å². The zero-order valence-corrected chi connectivity index (χ0v) is 56.2. The molecular formula is C83H89NO16. The summed E-state index contributed by atoms with van der Waals surface area (Å²) in [6, 6.07) is 87.3. The van der Waals surface area contributed by atoms with Gasteiger partial charge < -0.3 is 76.7 Å². The molecule has 0 radical (unpaired) electrons. The third-order valence-corrected chi connectivity index (χ3v) is 17.7. The van der Waals surface area contributed by atoms with Gasteiger partial charge in [-0.1, -0.05) is 273 Å². The lowest BCUT2D eigenvalue weighted by molar-refractivity contribution is -0.389. The van der Waals surface area contributed by atoms with Gasteiger partial charge in [0, 0.05) is 6.92 Å². The molecular weight excluding hydrogens is 1270 g/mol. The summed E-state index contributed by atoms with van der Waals surface area (Å²) in [7, 11) is 0. The van der Waals surface area contributed by atoms with Gasteiger partial charge in [-0.2, -0.15) is 0 Å². The Morgan fingerprint density at radius 1 is 0.300 bits per heavy atom. The van der Waals surface area contributed by atoms with E-state index in [1.54, 1.807) is 0 Å². The Labute approximate surface area is 586 Å². The monoisotopic (exact) mass is 1360 g/mol. The Morgan fingerprint density at radius 3 is 0.920 bits per heavy atom. The van der Waals surface area contributed by atoms with Gasteiger partial charge in [0.25, 0.3) is 0 Å². The standard InChI is InChI=1S/C83H89NO16/c1-59(85)84-72-76(91-51-64-37-19-6-20-38-64)75(71(58-89-49-62-33-15-4-16-34-62)97-81(72)95-55-68-45-27-10-28-46-68)99-82-79(93-53-66-41-23-8-24-42-66)77(73(86)69(96-82)56-87-47-60-29-11-2-12-30-60)100-83-80(94-54-67-43-25-9-26-44-67)78(92-52-65-39-21-7-22-40-65)74(90-50-63-35-17-5-18-36-63)70(98-83)57-88-48-61-31-13-3-14-32-61/h2-46,69-83,86H,47-58H2,1H3,(H,84,85). The Hall–Kier alpha value is -8.15. The van der Waals surface area contributed by atoms with Crippen LogP contribution in [-0.4, -0.2) is 123 Å². The number of carbonyl (C=O) groups is 1. The number of nitrogens with one attached hydrogen (secondary N) is 1. The highest BCUT2D eigenvalue weighted by molar-refractivity contribution is 5.73. The number of hydrogen-bond acceptors (Lipinski definition) is 16. The average molecular weight is 1360 g/mol. The minimum atomic E-state index is -1.50. The number of aliphatic hydroxyl groups is 1. The van der Waals surface area contributed by atoms with Crippen molar-refractivity contribution in [3.63, 3.8) is 0 Å². The summed E-state index contributed by atoms with van der Waals surface area (Å²) >= 11 is 0.